The minimum absolute atomic E-state index is 0.197. The molecule has 0 aliphatic heterocycles. The van der Waals surface area contributed by atoms with Crippen molar-refractivity contribution in [3.8, 4) is 11.5 Å². The molecule has 0 aliphatic carbocycles. The summed E-state index contributed by atoms with van der Waals surface area (Å²) in [6.07, 6.45) is 3.10. The number of amides is 1. The lowest BCUT2D eigenvalue weighted by Crippen LogP contribution is -2.24. The zero-order chi connectivity index (χ0) is 15.7. The summed E-state index contributed by atoms with van der Waals surface area (Å²) < 4.78 is 15.5. The third-order valence-electron chi connectivity index (χ3n) is 2.57. The standard InChI is InChI=1S/C15H20ClNO4/c1-4-21-13-10-11(9-12(16)15(13)20-3)5-6-14(18)17-7-8-19-2/h5-6,9-10H,4,7-8H2,1-3H3,(H,17,18)/b6-5+. The number of methoxy groups -OCH3 is 2. The Bertz CT molecular complexity index is 503. The van der Waals surface area contributed by atoms with Gasteiger partial charge in [0, 0.05) is 19.7 Å². The van der Waals surface area contributed by atoms with Gasteiger partial charge in [0.1, 0.15) is 0 Å². The van der Waals surface area contributed by atoms with Gasteiger partial charge in [-0.1, -0.05) is 11.6 Å². The first-order chi connectivity index (χ1) is 10.1. The molecule has 116 valence electrons. The maximum absolute atomic E-state index is 11.6. The first kappa shape index (κ1) is 17.3. The maximum atomic E-state index is 11.6. The van der Waals surface area contributed by atoms with Gasteiger partial charge in [-0.05, 0) is 30.7 Å². The van der Waals surface area contributed by atoms with Crippen LogP contribution in [-0.2, 0) is 9.53 Å². The molecule has 0 aliphatic rings. The third kappa shape index (κ3) is 5.65. The van der Waals surface area contributed by atoms with Crippen molar-refractivity contribution < 1.29 is 19.0 Å². The number of ether oxygens (including phenoxy) is 3. The van der Waals surface area contributed by atoms with Gasteiger partial charge >= 0.3 is 0 Å². The van der Waals surface area contributed by atoms with Crippen LogP contribution < -0.4 is 14.8 Å². The fourth-order valence-corrected chi connectivity index (χ4v) is 1.95. The van der Waals surface area contributed by atoms with Gasteiger partial charge in [0.25, 0.3) is 0 Å². The Morgan fingerprint density at radius 1 is 1.38 bits per heavy atom. The van der Waals surface area contributed by atoms with Gasteiger partial charge in [-0.25, -0.2) is 0 Å². The summed E-state index contributed by atoms with van der Waals surface area (Å²) in [6, 6.07) is 3.48. The molecule has 0 saturated heterocycles. The van der Waals surface area contributed by atoms with Crippen molar-refractivity contribution in [2.75, 3.05) is 34.0 Å². The fraction of sp³-hybridized carbons (Fsp3) is 0.400. The van der Waals surface area contributed by atoms with E-state index in [1.807, 2.05) is 6.92 Å². The number of benzene rings is 1. The Labute approximate surface area is 129 Å². The number of hydrogen-bond acceptors (Lipinski definition) is 4. The minimum Gasteiger partial charge on any atom is -0.491 e. The molecule has 1 aromatic rings. The lowest BCUT2D eigenvalue weighted by Gasteiger charge is -2.11. The molecule has 0 heterocycles. The van der Waals surface area contributed by atoms with Crippen LogP contribution in [0.2, 0.25) is 5.02 Å². The second kappa shape index (κ2) is 9.26. The van der Waals surface area contributed by atoms with Crippen LogP contribution in [0.25, 0.3) is 6.08 Å². The Hall–Kier alpha value is -1.72. The molecular formula is C15H20ClNO4. The monoisotopic (exact) mass is 313 g/mol. The van der Waals surface area contributed by atoms with E-state index in [1.54, 1.807) is 25.3 Å². The average molecular weight is 314 g/mol. The molecule has 0 aromatic heterocycles. The summed E-state index contributed by atoms with van der Waals surface area (Å²) >= 11 is 6.13. The quantitative estimate of drug-likeness (QED) is 0.592. The van der Waals surface area contributed by atoms with Crippen LogP contribution in [0.3, 0.4) is 0 Å². The van der Waals surface area contributed by atoms with Gasteiger partial charge in [0.05, 0.1) is 25.3 Å². The van der Waals surface area contributed by atoms with Crippen LogP contribution in [0.4, 0.5) is 0 Å². The summed E-state index contributed by atoms with van der Waals surface area (Å²) in [5, 5.41) is 3.12. The molecule has 0 radical (unpaired) electrons. The molecule has 21 heavy (non-hydrogen) atoms. The summed E-state index contributed by atoms with van der Waals surface area (Å²) in [6.45, 7) is 3.31. The Kier molecular flexibility index (Phi) is 7.64. The lowest BCUT2D eigenvalue weighted by atomic mass is 10.2. The largest absolute Gasteiger partial charge is 0.491 e. The van der Waals surface area contributed by atoms with Gasteiger partial charge < -0.3 is 19.5 Å². The van der Waals surface area contributed by atoms with Gasteiger partial charge in [0.15, 0.2) is 11.5 Å². The normalized spacial score (nSPS) is 10.7. The molecule has 0 saturated carbocycles. The third-order valence-corrected chi connectivity index (χ3v) is 2.85. The number of halogens is 1. The summed E-state index contributed by atoms with van der Waals surface area (Å²) in [7, 11) is 3.11. The van der Waals surface area contributed by atoms with Crippen molar-refractivity contribution in [3.05, 3.63) is 28.8 Å². The molecule has 1 N–H and O–H groups in total. The second-order valence-corrected chi connectivity index (χ2v) is 4.49. The average Bonchev–Trinajstić information content (AvgIpc) is 2.45. The molecule has 0 atom stereocenters. The van der Waals surface area contributed by atoms with Crippen LogP contribution in [-0.4, -0.2) is 39.9 Å². The molecule has 1 amide bonds. The zero-order valence-electron chi connectivity index (χ0n) is 12.4. The van der Waals surface area contributed by atoms with Gasteiger partial charge in [0.2, 0.25) is 5.91 Å². The van der Waals surface area contributed by atoms with Crippen molar-refractivity contribution in [1.29, 1.82) is 0 Å². The van der Waals surface area contributed by atoms with Crippen LogP contribution in [0.1, 0.15) is 12.5 Å². The van der Waals surface area contributed by atoms with Crippen molar-refractivity contribution in [2.24, 2.45) is 0 Å². The van der Waals surface area contributed by atoms with E-state index in [0.717, 1.165) is 5.56 Å². The van der Waals surface area contributed by atoms with Crippen molar-refractivity contribution in [1.82, 2.24) is 5.32 Å². The fourth-order valence-electron chi connectivity index (χ4n) is 1.65. The van der Waals surface area contributed by atoms with Gasteiger partial charge in [-0.3, -0.25) is 4.79 Å². The topological polar surface area (TPSA) is 56.8 Å². The highest BCUT2D eigenvalue weighted by atomic mass is 35.5. The highest BCUT2D eigenvalue weighted by Gasteiger charge is 2.10. The van der Waals surface area contributed by atoms with E-state index < -0.39 is 0 Å². The SMILES string of the molecule is CCOc1cc(/C=C/C(=O)NCCOC)cc(Cl)c1OC. The minimum atomic E-state index is -0.197. The summed E-state index contributed by atoms with van der Waals surface area (Å²) in [5.41, 5.74) is 0.756. The highest BCUT2D eigenvalue weighted by Crippen LogP contribution is 2.36. The molecule has 0 spiro atoms. The molecule has 1 aromatic carbocycles. The smallest absolute Gasteiger partial charge is 0.244 e. The Morgan fingerprint density at radius 3 is 2.76 bits per heavy atom. The van der Waals surface area contributed by atoms with Crippen LogP contribution in [0.5, 0.6) is 11.5 Å². The number of hydrogen-bond donors (Lipinski definition) is 1. The predicted octanol–water partition coefficient (Wildman–Crippen LogP) is 2.52. The van der Waals surface area contributed by atoms with E-state index in [1.165, 1.54) is 13.2 Å². The number of nitrogens with one attached hydrogen (secondary N) is 1. The predicted molar refractivity (Wildman–Crippen MR) is 83.1 cm³/mol. The number of carbonyl (C=O) groups excluding carboxylic acids is 1. The van der Waals surface area contributed by atoms with Crippen LogP contribution >= 0.6 is 11.6 Å². The van der Waals surface area contributed by atoms with E-state index in [9.17, 15) is 4.79 Å². The summed E-state index contributed by atoms with van der Waals surface area (Å²) in [5.74, 6) is 0.837. The highest BCUT2D eigenvalue weighted by molar-refractivity contribution is 6.32. The van der Waals surface area contributed by atoms with Gasteiger partial charge in [-0.2, -0.15) is 0 Å². The van der Waals surface area contributed by atoms with E-state index in [4.69, 9.17) is 25.8 Å². The number of carbonyl (C=O) groups is 1. The first-order valence-corrected chi connectivity index (χ1v) is 6.95. The van der Waals surface area contributed by atoms with Crippen molar-refractivity contribution in [2.45, 2.75) is 6.92 Å². The molecule has 0 unspecified atom stereocenters. The second-order valence-electron chi connectivity index (χ2n) is 4.08. The summed E-state index contributed by atoms with van der Waals surface area (Å²) in [4.78, 5) is 11.6. The molecular weight excluding hydrogens is 294 g/mol. The van der Waals surface area contributed by atoms with Crippen molar-refractivity contribution >= 4 is 23.6 Å². The first-order valence-electron chi connectivity index (χ1n) is 6.57. The van der Waals surface area contributed by atoms with Crippen LogP contribution in [0, 0.1) is 0 Å². The Morgan fingerprint density at radius 2 is 2.14 bits per heavy atom. The van der Waals surface area contributed by atoms with E-state index >= 15 is 0 Å². The van der Waals surface area contributed by atoms with Crippen LogP contribution in [0.15, 0.2) is 18.2 Å². The van der Waals surface area contributed by atoms with E-state index in [2.05, 4.69) is 5.32 Å². The van der Waals surface area contributed by atoms with E-state index in [-0.39, 0.29) is 5.91 Å². The molecule has 0 fully saturated rings. The van der Waals surface area contributed by atoms with Gasteiger partial charge in [-0.15, -0.1) is 0 Å². The molecule has 6 heteroatoms. The lowest BCUT2D eigenvalue weighted by molar-refractivity contribution is -0.116. The Balaban J connectivity index is 2.81. The zero-order valence-corrected chi connectivity index (χ0v) is 13.2. The number of rotatable bonds is 8. The molecule has 1 rings (SSSR count). The van der Waals surface area contributed by atoms with Crippen molar-refractivity contribution in [3.63, 3.8) is 0 Å². The van der Waals surface area contributed by atoms with E-state index in [0.29, 0.717) is 36.3 Å². The molecule has 5 nitrogen and oxygen atoms in total. The molecule has 0 bridgehead atoms. The maximum Gasteiger partial charge on any atom is 0.244 e.